The van der Waals surface area contributed by atoms with Gasteiger partial charge in [-0.3, -0.25) is 4.79 Å². The van der Waals surface area contributed by atoms with Crippen molar-refractivity contribution in [2.45, 2.75) is 24.7 Å². The van der Waals surface area contributed by atoms with Crippen molar-refractivity contribution in [2.75, 3.05) is 26.2 Å². The van der Waals surface area contributed by atoms with E-state index in [1.165, 1.54) is 10.4 Å². The van der Waals surface area contributed by atoms with Gasteiger partial charge in [-0.1, -0.05) is 22.0 Å². The van der Waals surface area contributed by atoms with Gasteiger partial charge < -0.3 is 14.5 Å². The smallest absolute Gasteiger partial charge is 0.287 e. The molecule has 9 heteroatoms. The number of amides is 1. The van der Waals surface area contributed by atoms with E-state index in [0.717, 1.165) is 17.3 Å². The quantitative estimate of drug-likeness (QED) is 0.646. The molecule has 0 bridgehead atoms. The van der Waals surface area contributed by atoms with Crippen LogP contribution in [0.25, 0.3) is 0 Å². The van der Waals surface area contributed by atoms with Crippen molar-refractivity contribution in [3.05, 3.63) is 46.3 Å². The van der Waals surface area contributed by atoms with Gasteiger partial charge in [-0.05, 0) is 38.0 Å². The Kier molecular flexibility index (Phi) is 6.23. The van der Waals surface area contributed by atoms with Crippen molar-refractivity contribution < 1.29 is 22.4 Å². The van der Waals surface area contributed by atoms with E-state index in [4.69, 9.17) is 9.15 Å². The van der Waals surface area contributed by atoms with Crippen LogP contribution < -0.4 is 10.1 Å². The highest BCUT2D eigenvalue weighted by Gasteiger charge is 2.31. The van der Waals surface area contributed by atoms with Gasteiger partial charge in [0.2, 0.25) is 10.0 Å². The van der Waals surface area contributed by atoms with Crippen molar-refractivity contribution in [2.24, 2.45) is 0 Å². The summed E-state index contributed by atoms with van der Waals surface area (Å²) in [6, 6.07) is 8.69. The number of hydrogen-bond donors (Lipinski definition) is 1. The summed E-state index contributed by atoms with van der Waals surface area (Å²) in [6.45, 7) is 3.10. The lowest BCUT2D eigenvalue weighted by Gasteiger charge is -2.14. The van der Waals surface area contributed by atoms with Crippen molar-refractivity contribution in [1.29, 1.82) is 0 Å². The van der Waals surface area contributed by atoms with Crippen LogP contribution >= 0.6 is 15.9 Å². The average Bonchev–Trinajstić information content (AvgIpc) is 3.29. The molecule has 1 N–H and O–H groups in total. The zero-order chi connectivity index (χ0) is 19.4. The molecule has 1 aliphatic rings. The molecule has 1 aromatic carbocycles. The van der Waals surface area contributed by atoms with E-state index in [0.29, 0.717) is 18.8 Å². The summed E-state index contributed by atoms with van der Waals surface area (Å²) in [5.41, 5.74) is 0. The van der Waals surface area contributed by atoms with Gasteiger partial charge in [-0.15, -0.1) is 0 Å². The predicted molar refractivity (Wildman–Crippen MR) is 103 cm³/mol. The molecule has 0 atom stereocenters. The molecule has 3 rings (SSSR count). The summed E-state index contributed by atoms with van der Waals surface area (Å²) in [4.78, 5) is 12.3. The molecule has 0 unspecified atom stereocenters. The fourth-order valence-corrected chi connectivity index (χ4v) is 4.93. The van der Waals surface area contributed by atoms with E-state index in [2.05, 4.69) is 21.2 Å². The molecule has 1 saturated heterocycles. The molecule has 0 spiro atoms. The topological polar surface area (TPSA) is 88.8 Å². The first-order valence-electron chi connectivity index (χ1n) is 8.65. The van der Waals surface area contributed by atoms with Gasteiger partial charge in [0.25, 0.3) is 5.91 Å². The number of nitrogens with zero attached hydrogens (tertiary/aromatic N) is 1. The van der Waals surface area contributed by atoms with Crippen LogP contribution in [0.4, 0.5) is 0 Å². The van der Waals surface area contributed by atoms with Crippen LogP contribution in [0.2, 0.25) is 0 Å². The number of nitrogens with one attached hydrogen (secondary N) is 1. The van der Waals surface area contributed by atoms with Crippen LogP contribution in [-0.2, 0) is 10.0 Å². The number of benzene rings is 1. The Morgan fingerprint density at radius 3 is 2.74 bits per heavy atom. The zero-order valence-corrected chi connectivity index (χ0v) is 17.3. The van der Waals surface area contributed by atoms with Gasteiger partial charge in [0.05, 0.1) is 6.54 Å². The van der Waals surface area contributed by atoms with Crippen LogP contribution in [0.5, 0.6) is 5.75 Å². The second kappa shape index (κ2) is 8.45. The van der Waals surface area contributed by atoms with Crippen molar-refractivity contribution in [3.63, 3.8) is 0 Å². The van der Waals surface area contributed by atoms with E-state index in [-0.39, 0.29) is 29.6 Å². The lowest BCUT2D eigenvalue weighted by molar-refractivity contribution is 0.0918. The third-order valence-electron chi connectivity index (χ3n) is 4.23. The number of rotatable bonds is 7. The first-order valence-corrected chi connectivity index (χ1v) is 10.9. The molecule has 0 radical (unpaired) electrons. The maximum Gasteiger partial charge on any atom is 0.287 e. The highest BCUT2D eigenvalue weighted by Crippen LogP contribution is 2.26. The van der Waals surface area contributed by atoms with Crippen molar-refractivity contribution in [3.8, 4) is 5.75 Å². The summed E-state index contributed by atoms with van der Waals surface area (Å²) in [5, 5.41) is 2.67. The lowest BCUT2D eigenvalue weighted by atomic mass is 10.3. The maximum atomic E-state index is 12.6. The number of hydrogen-bond acceptors (Lipinski definition) is 5. The SMILES string of the molecule is Cc1oc(C(=O)NCCOc2cccc(Br)c2)cc1S(=O)(=O)N1CCCC1. The van der Waals surface area contributed by atoms with Crippen LogP contribution in [0.3, 0.4) is 0 Å². The minimum atomic E-state index is -3.62. The van der Waals surface area contributed by atoms with Gasteiger partial charge in [0.15, 0.2) is 5.76 Å². The van der Waals surface area contributed by atoms with Gasteiger partial charge in [0, 0.05) is 23.6 Å². The third-order valence-corrected chi connectivity index (χ3v) is 6.73. The molecule has 146 valence electrons. The fraction of sp³-hybridized carbons (Fsp3) is 0.389. The first kappa shape index (κ1) is 19.9. The third kappa shape index (κ3) is 4.72. The Morgan fingerprint density at radius 2 is 2.04 bits per heavy atom. The summed E-state index contributed by atoms with van der Waals surface area (Å²) in [5.74, 6) is 0.412. The summed E-state index contributed by atoms with van der Waals surface area (Å²) in [6.07, 6.45) is 1.70. The molecule has 27 heavy (non-hydrogen) atoms. The molecule has 2 aromatic rings. The summed E-state index contributed by atoms with van der Waals surface area (Å²) in [7, 11) is -3.62. The molecule has 1 fully saturated rings. The normalized spacial score (nSPS) is 15.0. The minimum absolute atomic E-state index is 0.0206. The first-order chi connectivity index (χ1) is 12.9. The van der Waals surface area contributed by atoms with Crippen LogP contribution in [0.15, 0.2) is 44.1 Å². The lowest BCUT2D eigenvalue weighted by Crippen LogP contribution is -2.28. The number of sulfonamides is 1. The number of carbonyl (C=O) groups excluding carboxylic acids is 1. The average molecular weight is 457 g/mol. The zero-order valence-electron chi connectivity index (χ0n) is 14.9. The van der Waals surface area contributed by atoms with Crippen LogP contribution in [0, 0.1) is 6.92 Å². The Hall–Kier alpha value is -1.84. The minimum Gasteiger partial charge on any atom is -0.492 e. The maximum absolute atomic E-state index is 12.6. The number of aryl methyl sites for hydroxylation is 1. The Balaban J connectivity index is 1.57. The molecule has 2 heterocycles. The van der Waals surface area contributed by atoms with Gasteiger partial charge >= 0.3 is 0 Å². The summed E-state index contributed by atoms with van der Waals surface area (Å²) < 4.78 is 38.6. The number of carbonyl (C=O) groups is 1. The predicted octanol–water partition coefficient (Wildman–Crippen LogP) is 2.94. The summed E-state index contributed by atoms with van der Waals surface area (Å²) >= 11 is 3.36. The number of furan rings is 1. The number of halogens is 1. The van der Waals surface area contributed by atoms with Gasteiger partial charge in [-0.25, -0.2) is 8.42 Å². The van der Waals surface area contributed by atoms with E-state index in [1.54, 1.807) is 6.92 Å². The van der Waals surface area contributed by atoms with E-state index < -0.39 is 15.9 Å². The van der Waals surface area contributed by atoms with Gasteiger partial charge in [0.1, 0.15) is 23.0 Å². The highest BCUT2D eigenvalue weighted by atomic mass is 79.9. The molecular weight excluding hydrogens is 436 g/mol. The van der Waals surface area contributed by atoms with E-state index in [9.17, 15) is 13.2 Å². The second-order valence-electron chi connectivity index (χ2n) is 6.20. The molecule has 1 aliphatic heterocycles. The highest BCUT2D eigenvalue weighted by molar-refractivity contribution is 9.10. The fourth-order valence-electron chi connectivity index (χ4n) is 2.88. The molecular formula is C18H21BrN2O5S. The molecule has 0 aliphatic carbocycles. The molecule has 0 saturated carbocycles. The molecule has 7 nitrogen and oxygen atoms in total. The van der Waals surface area contributed by atoms with E-state index in [1.807, 2.05) is 24.3 Å². The second-order valence-corrected chi connectivity index (χ2v) is 9.03. The van der Waals surface area contributed by atoms with Crippen LogP contribution in [0.1, 0.15) is 29.2 Å². The Morgan fingerprint density at radius 1 is 1.30 bits per heavy atom. The van der Waals surface area contributed by atoms with Gasteiger partial charge in [-0.2, -0.15) is 4.31 Å². The monoisotopic (exact) mass is 456 g/mol. The Bertz CT molecular complexity index is 920. The van der Waals surface area contributed by atoms with Crippen molar-refractivity contribution in [1.82, 2.24) is 9.62 Å². The standard InChI is InChI=1S/C18H21BrN2O5S/c1-13-17(27(23,24)21-8-2-3-9-21)12-16(26-13)18(22)20-7-10-25-15-6-4-5-14(19)11-15/h4-6,11-12H,2-3,7-10H2,1H3,(H,20,22). The Labute approximate surface area is 166 Å². The largest absolute Gasteiger partial charge is 0.492 e. The van der Waals surface area contributed by atoms with E-state index >= 15 is 0 Å². The number of ether oxygens (including phenoxy) is 1. The molecule has 1 amide bonds. The van der Waals surface area contributed by atoms with Crippen LogP contribution in [-0.4, -0.2) is 44.9 Å². The molecule has 1 aromatic heterocycles. The van der Waals surface area contributed by atoms with Crippen molar-refractivity contribution >= 4 is 31.9 Å².